The quantitative estimate of drug-likeness (QED) is 0.409. The zero-order valence-electron chi connectivity index (χ0n) is 16.3. The molecule has 0 aliphatic rings. The summed E-state index contributed by atoms with van der Waals surface area (Å²) < 4.78 is 0. The van der Waals surface area contributed by atoms with Crippen LogP contribution in [-0.2, 0) is 4.79 Å². The van der Waals surface area contributed by atoms with E-state index in [0.717, 1.165) is 51.0 Å². The number of rotatable bonds is 5. The highest BCUT2D eigenvalue weighted by molar-refractivity contribution is 5.96. The molecule has 5 heterocycles. The first-order chi connectivity index (χ1) is 14.7. The van der Waals surface area contributed by atoms with Crippen LogP contribution < -0.4 is 5.32 Å². The van der Waals surface area contributed by atoms with Crippen molar-refractivity contribution in [3.63, 3.8) is 0 Å². The van der Waals surface area contributed by atoms with E-state index in [1.54, 1.807) is 24.8 Å². The van der Waals surface area contributed by atoms with Gasteiger partial charge in [0.05, 0.1) is 46.0 Å². The number of hydrogen-bond acceptors (Lipinski definition) is 5. The van der Waals surface area contributed by atoms with Crippen LogP contribution in [0, 0.1) is 0 Å². The first kappa shape index (κ1) is 18.0. The molecule has 5 aromatic rings. The number of anilines is 1. The van der Waals surface area contributed by atoms with E-state index in [1.165, 1.54) is 0 Å². The monoisotopic (exact) mass is 397 g/mol. The number of fused-ring (bicyclic) bond motifs is 2. The van der Waals surface area contributed by atoms with Crippen LogP contribution in [0.15, 0.2) is 55.1 Å². The molecule has 148 valence electrons. The molecule has 1 amide bonds. The maximum Gasteiger partial charge on any atom is 0.224 e. The Kier molecular flexibility index (Phi) is 4.44. The van der Waals surface area contributed by atoms with Crippen LogP contribution in [0.25, 0.3) is 44.6 Å². The van der Waals surface area contributed by atoms with Crippen molar-refractivity contribution in [1.29, 1.82) is 0 Å². The fourth-order valence-electron chi connectivity index (χ4n) is 3.46. The number of nitrogens with one attached hydrogen (secondary N) is 3. The molecule has 0 saturated carbocycles. The Morgan fingerprint density at radius 3 is 2.90 bits per heavy atom. The van der Waals surface area contributed by atoms with Crippen LogP contribution in [0.5, 0.6) is 0 Å². The Bertz CT molecular complexity index is 1340. The second-order valence-electron chi connectivity index (χ2n) is 7.07. The Labute approximate surface area is 171 Å². The van der Waals surface area contributed by atoms with E-state index in [-0.39, 0.29) is 5.91 Å². The largest absolute Gasteiger partial charge is 0.352 e. The molecule has 0 radical (unpaired) electrons. The standard InChI is InChI=1S/C22H19N7O/c1-2-4-21(30)26-14-7-13(10-23-11-14)17-8-15-20(12-25-17)28-29-22(15)19-9-18-16(27-19)5-3-6-24-18/h3,5-12,27H,2,4H2,1H3,(H,26,30)(H,28,29). The molecule has 8 nitrogen and oxygen atoms in total. The average Bonchev–Trinajstić information content (AvgIpc) is 3.37. The molecule has 0 aliphatic heterocycles. The number of nitrogens with zero attached hydrogens (tertiary/aromatic N) is 4. The molecule has 30 heavy (non-hydrogen) atoms. The van der Waals surface area contributed by atoms with Crippen molar-refractivity contribution in [3.05, 3.63) is 55.1 Å². The van der Waals surface area contributed by atoms with Crippen molar-refractivity contribution in [3.8, 4) is 22.6 Å². The minimum absolute atomic E-state index is 0.0237. The lowest BCUT2D eigenvalue weighted by Gasteiger charge is -2.06. The van der Waals surface area contributed by atoms with Crippen molar-refractivity contribution in [1.82, 2.24) is 30.1 Å². The lowest BCUT2D eigenvalue weighted by molar-refractivity contribution is -0.116. The van der Waals surface area contributed by atoms with Crippen molar-refractivity contribution in [2.24, 2.45) is 0 Å². The van der Waals surface area contributed by atoms with Crippen molar-refractivity contribution < 1.29 is 4.79 Å². The van der Waals surface area contributed by atoms with Gasteiger partial charge in [-0.05, 0) is 36.8 Å². The number of aromatic nitrogens is 6. The summed E-state index contributed by atoms with van der Waals surface area (Å²) in [6, 6.07) is 9.71. The van der Waals surface area contributed by atoms with Gasteiger partial charge in [-0.3, -0.25) is 24.8 Å². The first-order valence-corrected chi connectivity index (χ1v) is 9.75. The predicted octanol–water partition coefficient (Wildman–Crippen LogP) is 4.30. The van der Waals surface area contributed by atoms with Crippen LogP contribution in [-0.4, -0.2) is 36.0 Å². The van der Waals surface area contributed by atoms with E-state index in [0.29, 0.717) is 12.1 Å². The first-order valence-electron chi connectivity index (χ1n) is 9.75. The molecule has 5 rings (SSSR count). The molecule has 0 fully saturated rings. The van der Waals surface area contributed by atoms with Crippen molar-refractivity contribution >= 4 is 33.5 Å². The van der Waals surface area contributed by atoms with E-state index < -0.39 is 0 Å². The van der Waals surface area contributed by atoms with Gasteiger partial charge >= 0.3 is 0 Å². The highest BCUT2D eigenvalue weighted by atomic mass is 16.1. The van der Waals surface area contributed by atoms with Gasteiger partial charge in [-0.1, -0.05) is 6.92 Å². The maximum absolute atomic E-state index is 11.9. The number of hydrogen-bond donors (Lipinski definition) is 3. The van der Waals surface area contributed by atoms with Crippen molar-refractivity contribution in [2.75, 3.05) is 5.32 Å². The van der Waals surface area contributed by atoms with E-state index in [9.17, 15) is 4.79 Å². The summed E-state index contributed by atoms with van der Waals surface area (Å²) >= 11 is 0. The summed E-state index contributed by atoms with van der Waals surface area (Å²) in [6.45, 7) is 1.97. The molecule has 0 saturated heterocycles. The highest BCUT2D eigenvalue weighted by Crippen LogP contribution is 2.30. The number of carbonyl (C=O) groups excluding carboxylic acids is 1. The molecule has 0 aromatic carbocycles. The van der Waals surface area contributed by atoms with Crippen LogP contribution in [0.3, 0.4) is 0 Å². The Morgan fingerprint density at radius 2 is 2.03 bits per heavy atom. The van der Waals surface area contributed by atoms with E-state index in [2.05, 4.69) is 35.5 Å². The molecule has 8 heteroatoms. The van der Waals surface area contributed by atoms with Gasteiger partial charge in [-0.25, -0.2) is 0 Å². The Morgan fingerprint density at radius 1 is 1.10 bits per heavy atom. The molecular formula is C22H19N7O. The SMILES string of the molecule is CCCC(=O)Nc1cncc(-c2cc3c(-c4cc5ncccc5[nH]4)n[nH]c3cn2)c1. The fraction of sp³-hybridized carbons (Fsp3) is 0.136. The summed E-state index contributed by atoms with van der Waals surface area (Å²) in [7, 11) is 0. The third-order valence-electron chi connectivity index (χ3n) is 4.89. The molecule has 0 unspecified atom stereocenters. The zero-order valence-corrected chi connectivity index (χ0v) is 16.3. The van der Waals surface area contributed by atoms with Crippen LogP contribution in [0.1, 0.15) is 19.8 Å². The molecule has 0 bridgehead atoms. The number of amides is 1. The van der Waals surface area contributed by atoms with Gasteiger partial charge in [0.15, 0.2) is 0 Å². The van der Waals surface area contributed by atoms with E-state index >= 15 is 0 Å². The summed E-state index contributed by atoms with van der Waals surface area (Å²) in [5.74, 6) is -0.0237. The minimum atomic E-state index is -0.0237. The average molecular weight is 397 g/mol. The van der Waals surface area contributed by atoms with Gasteiger partial charge in [-0.2, -0.15) is 5.10 Å². The maximum atomic E-state index is 11.9. The number of pyridine rings is 3. The van der Waals surface area contributed by atoms with E-state index in [1.807, 2.05) is 37.3 Å². The third kappa shape index (κ3) is 3.28. The van der Waals surface area contributed by atoms with Gasteiger partial charge in [-0.15, -0.1) is 0 Å². The molecule has 0 aliphatic carbocycles. The van der Waals surface area contributed by atoms with E-state index in [4.69, 9.17) is 0 Å². The third-order valence-corrected chi connectivity index (χ3v) is 4.89. The number of aromatic amines is 2. The lowest BCUT2D eigenvalue weighted by atomic mass is 10.1. The number of carbonyl (C=O) groups is 1. The topological polar surface area (TPSA) is 112 Å². The van der Waals surface area contributed by atoms with Gasteiger partial charge in [0.25, 0.3) is 0 Å². The molecule has 0 spiro atoms. The molecule has 3 N–H and O–H groups in total. The summed E-state index contributed by atoms with van der Waals surface area (Å²) in [6.07, 6.45) is 8.16. The molecule has 5 aromatic heterocycles. The van der Waals surface area contributed by atoms with Crippen LogP contribution >= 0.6 is 0 Å². The van der Waals surface area contributed by atoms with Gasteiger partial charge in [0.1, 0.15) is 5.69 Å². The predicted molar refractivity (Wildman–Crippen MR) is 116 cm³/mol. The van der Waals surface area contributed by atoms with Gasteiger partial charge < -0.3 is 10.3 Å². The smallest absolute Gasteiger partial charge is 0.224 e. The zero-order chi connectivity index (χ0) is 20.5. The van der Waals surface area contributed by atoms with Crippen LogP contribution in [0.4, 0.5) is 5.69 Å². The van der Waals surface area contributed by atoms with Gasteiger partial charge in [0.2, 0.25) is 5.91 Å². The normalized spacial score (nSPS) is 11.2. The molecular weight excluding hydrogens is 378 g/mol. The summed E-state index contributed by atoms with van der Waals surface area (Å²) in [4.78, 5) is 28.4. The lowest BCUT2D eigenvalue weighted by Crippen LogP contribution is -2.10. The second kappa shape index (κ2) is 7.40. The minimum Gasteiger partial charge on any atom is -0.352 e. The molecule has 0 atom stereocenters. The Balaban J connectivity index is 1.54. The fourth-order valence-corrected chi connectivity index (χ4v) is 3.46. The highest BCUT2D eigenvalue weighted by Gasteiger charge is 2.13. The second-order valence-corrected chi connectivity index (χ2v) is 7.07. The Hall–Kier alpha value is -4.07. The van der Waals surface area contributed by atoms with Crippen LogP contribution in [0.2, 0.25) is 0 Å². The van der Waals surface area contributed by atoms with Gasteiger partial charge in [0, 0.05) is 29.8 Å². The number of H-pyrrole nitrogens is 2. The van der Waals surface area contributed by atoms with Crippen molar-refractivity contribution in [2.45, 2.75) is 19.8 Å². The summed E-state index contributed by atoms with van der Waals surface area (Å²) in [5, 5.41) is 11.3. The summed E-state index contributed by atoms with van der Waals surface area (Å²) in [5.41, 5.74) is 6.57.